The summed E-state index contributed by atoms with van der Waals surface area (Å²) in [6, 6.07) is 7.07. The van der Waals surface area contributed by atoms with Gasteiger partial charge in [-0.3, -0.25) is 9.48 Å². The molecule has 0 atom stereocenters. The minimum absolute atomic E-state index is 0.205. The van der Waals surface area contributed by atoms with Crippen molar-refractivity contribution in [3.63, 3.8) is 0 Å². The number of nitrogens with zero attached hydrogens (tertiary/aromatic N) is 3. The van der Waals surface area contributed by atoms with E-state index in [0.717, 1.165) is 11.8 Å². The van der Waals surface area contributed by atoms with Crippen molar-refractivity contribution in [2.45, 2.75) is 29.4 Å². The van der Waals surface area contributed by atoms with E-state index in [9.17, 15) is 22.0 Å². The van der Waals surface area contributed by atoms with Crippen LogP contribution in [0.1, 0.15) is 34.8 Å². The Bertz CT molecular complexity index is 903. The molecule has 0 radical (unpaired) electrons. The normalized spacial score (nSPS) is 16.2. The summed E-state index contributed by atoms with van der Waals surface area (Å²) >= 11 is 0. The van der Waals surface area contributed by atoms with E-state index in [0.29, 0.717) is 25.9 Å². The van der Waals surface area contributed by atoms with E-state index < -0.39 is 26.4 Å². The largest absolute Gasteiger partial charge is 0.341 e. The molecule has 2 aromatic rings. The quantitative estimate of drug-likeness (QED) is 0.813. The molecule has 0 unspecified atom stereocenters. The van der Waals surface area contributed by atoms with E-state index in [1.54, 1.807) is 4.68 Å². The Morgan fingerprint density at radius 1 is 1.19 bits per heavy atom. The Morgan fingerprint density at radius 2 is 1.85 bits per heavy atom. The number of likely N-dealkylation sites (tertiary alicyclic amines) is 1. The Balaban J connectivity index is 1.77. The average Bonchev–Trinajstić information content (AvgIpc) is 3.07. The molecule has 1 fully saturated rings. The van der Waals surface area contributed by atoms with Crippen LogP contribution in [0, 0.1) is 0 Å². The van der Waals surface area contributed by atoms with Crippen molar-refractivity contribution in [2.24, 2.45) is 7.05 Å². The van der Waals surface area contributed by atoms with E-state index in [1.165, 1.54) is 23.1 Å². The number of aryl methyl sites for hydroxylation is 1. The molecule has 1 aromatic heterocycles. The Labute approximate surface area is 150 Å². The zero-order valence-corrected chi connectivity index (χ0v) is 15.0. The number of hydrogen-bond donors (Lipinski definition) is 0. The third-order valence-corrected chi connectivity index (χ3v) is 6.03. The summed E-state index contributed by atoms with van der Waals surface area (Å²) in [6.07, 6.45) is 3.23. The number of halogens is 2. The van der Waals surface area contributed by atoms with Crippen LogP contribution in [0.15, 0.2) is 41.4 Å². The van der Waals surface area contributed by atoms with Gasteiger partial charge in [0.05, 0.1) is 16.2 Å². The van der Waals surface area contributed by atoms with E-state index in [2.05, 4.69) is 5.10 Å². The number of alkyl halides is 2. The molecule has 1 aromatic carbocycles. The number of carbonyl (C=O) groups is 1. The zero-order chi connectivity index (χ0) is 18.9. The Kier molecular flexibility index (Phi) is 5.08. The lowest BCUT2D eigenvalue weighted by atomic mass is 9.93. The fourth-order valence-corrected chi connectivity index (χ4v) is 4.11. The summed E-state index contributed by atoms with van der Waals surface area (Å²) in [5.74, 6) is -3.88. The van der Waals surface area contributed by atoms with Gasteiger partial charge in [0.1, 0.15) is 0 Å². The highest BCUT2D eigenvalue weighted by Gasteiger charge is 2.33. The second-order valence-corrected chi connectivity index (χ2v) is 8.17. The molecule has 1 amide bonds. The van der Waals surface area contributed by atoms with Gasteiger partial charge in [-0.1, -0.05) is 12.1 Å². The van der Waals surface area contributed by atoms with Crippen molar-refractivity contribution in [3.8, 4) is 0 Å². The zero-order valence-electron chi connectivity index (χ0n) is 14.2. The van der Waals surface area contributed by atoms with Crippen LogP contribution in [0.5, 0.6) is 0 Å². The molecule has 0 saturated carbocycles. The number of benzene rings is 1. The predicted molar refractivity (Wildman–Crippen MR) is 90.7 cm³/mol. The van der Waals surface area contributed by atoms with Gasteiger partial charge in [0.2, 0.25) is 9.84 Å². The number of aromatic nitrogens is 2. The minimum Gasteiger partial charge on any atom is -0.339 e. The molecule has 6 nitrogen and oxygen atoms in total. The summed E-state index contributed by atoms with van der Waals surface area (Å²) in [5.41, 5.74) is 0.754. The third-order valence-electron chi connectivity index (χ3n) is 4.59. The van der Waals surface area contributed by atoms with Crippen molar-refractivity contribution in [1.29, 1.82) is 0 Å². The summed E-state index contributed by atoms with van der Waals surface area (Å²) in [5, 5.41) is 4.38. The second kappa shape index (κ2) is 7.14. The van der Waals surface area contributed by atoms with Crippen molar-refractivity contribution in [1.82, 2.24) is 14.7 Å². The van der Waals surface area contributed by atoms with E-state index in [1.807, 2.05) is 19.3 Å². The van der Waals surface area contributed by atoms with Crippen LogP contribution in [0.3, 0.4) is 0 Å². The maximum atomic E-state index is 12.9. The minimum atomic E-state index is -4.84. The number of carbonyl (C=O) groups excluding carboxylic acids is 1. The maximum Gasteiger partial charge on any atom is 0.341 e. The van der Waals surface area contributed by atoms with Crippen molar-refractivity contribution < 1.29 is 22.0 Å². The monoisotopic (exact) mass is 383 g/mol. The van der Waals surface area contributed by atoms with Crippen LogP contribution in [-0.4, -0.2) is 47.9 Å². The number of piperidine rings is 1. The smallest absolute Gasteiger partial charge is 0.339 e. The topological polar surface area (TPSA) is 72.3 Å². The van der Waals surface area contributed by atoms with Crippen LogP contribution in [0.4, 0.5) is 8.78 Å². The van der Waals surface area contributed by atoms with Crippen molar-refractivity contribution in [3.05, 3.63) is 47.8 Å². The van der Waals surface area contributed by atoms with E-state index in [-0.39, 0.29) is 11.5 Å². The fourth-order valence-electron chi connectivity index (χ4n) is 3.19. The standard InChI is InChI=1S/C17H19F2N3O3S/c1-21-9-8-14(20-21)12-6-10-22(11-7-12)16(23)13-4-2-3-5-15(13)26(24,25)17(18)19/h2-5,8-9,12,17H,6-7,10-11H2,1H3. The first kappa shape index (κ1) is 18.5. The maximum absolute atomic E-state index is 12.9. The summed E-state index contributed by atoms with van der Waals surface area (Å²) < 4.78 is 51.2. The lowest BCUT2D eigenvalue weighted by Gasteiger charge is -2.31. The van der Waals surface area contributed by atoms with Crippen LogP contribution in [0.25, 0.3) is 0 Å². The van der Waals surface area contributed by atoms with Gasteiger partial charge in [-0.2, -0.15) is 13.9 Å². The van der Waals surface area contributed by atoms with Gasteiger partial charge in [0, 0.05) is 32.3 Å². The molecule has 1 aliphatic rings. The number of rotatable bonds is 4. The lowest BCUT2D eigenvalue weighted by Crippen LogP contribution is -2.38. The van der Waals surface area contributed by atoms with Crippen LogP contribution in [0.2, 0.25) is 0 Å². The van der Waals surface area contributed by atoms with Gasteiger partial charge in [-0.05, 0) is 31.0 Å². The first-order valence-electron chi connectivity index (χ1n) is 8.20. The first-order valence-corrected chi connectivity index (χ1v) is 9.75. The van der Waals surface area contributed by atoms with E-state index >= 15 is 0 Å². The van der Waals surface area contributed by atoms with Gasteiger partial charge < -0.3 is 4.90 Å². The third kappa shape index (κ3) is 3.48. The van der Waals surface area contributed by atoms with Crippen LogP contribution >= 0.6 is 0 Å². The van der Waals surface area contributed by atoms with Gasteiger partial charge >= 0.3 is 5.76 Å². The van der Waals surface area contributed by atoms with Gasteiger partial charge in [0.15, 0.2) is 0 Å². The second-order valence-electron chi connectivity index (χ2n) is 6.28. The molecule has 9 heteroatoms. The fraction of sp³-hybridized carbons (Fsp3) is 0.412. The first-order chi connectivity index (χ1) is 12.3. The van der Waals surface area contributed by atoms with Gasteiger partial charge in [0.25, 0.3) is 5.91 Å². The molecule has 140 valence electrons. The molecule has 1 aliphatic heterocycles. The summed E-state index contributed by atoms with van der Waals surface area (Å²) in [6.45, 7) is 0.840. The lowest BCUT2D eigenvalue weighted by molar-refractivity contribution is 0.0708. The van der Waals surface area contributed by atoms with Crippen LogP contribution < -0.4 is 0 Å². The Hall–Kier alpha value is -2.29. The van der Waals surface area contributed by atoms with Crippen molar-refractivity contribution >= 4 is 15.7 Å². The van der Waals surface area contributed by atoms with Gasteiger partial charge in [-0.25, -0.2) is 8.42 Å². The molecular formula is C17H19F2N3O3S. The molecule has 26 heavy (non-hydrogen) atoms. The summed E-state index contributed by atoms with van der Waals surface area (Å²) in [4.78, 5) is 13.6. The molecule has 0 aliphatic carbocycles. The molecule has 0 bridgehead atoms. The molecular weight excluding hydrogens is 364 g/mol. The van der Waals surface area contributed by atoms with Crippen LogP contribution in [-0.2, 0) is 16.9 Å². The average molecular weight is 383 g/mol. The molecule has 3 rings (SSSR count). The molecule has 0 spiro atoms. The highest BCUT2D eigenvalue weighted by Crippen LogP contribution is 2.29. The SMILES string of the molecule is Cn1ccc(C2CCN(C(=O)c3ccccc3S(=O)(=O)C(F)F)CC2)n1. The van der Waals surface area contributed by atoms with Crippen molar-refractivity contribution in [2.75, 3.05) is 13.1 Å². The Morgan fingerprint density at radius 3 is 2.42 bits per heavy atom. The number of hydrogen-bond acceptors (Lipinski definition) is 4. The van der Waals surface area contributed by atoms with E-state index in [4.69, 9.17) is 0 Å². The summed E-state index contributed by atoms with van der Waals surface area (Å²) in [7, 11) is -3.00. The highest BCUT2D eigenvalue weighted by molar-refractivity contribution is 7.91. The predicted octanol–water partition coefficient (Wildman–Crippen LogP) is 2.44. The molecule has 0 N–H and O–H groups in total. The number of amides is 1. The highest BCUT2D eigenvalue weighted by atomic mass is 32.2. The molecule has 1 saturated heterocycles. The number of sulfone groups is 1. The molecule has 2 heterocycles. The van der Waals surface area contributed by atoms with Gasteiger partial charge in [-0.15, -0.1) is 0 Å².